The van der Waals surface area contributed by atoms with Crippen molar-refractivity contribution in [1.29, 1.82) is 0 Å². The van der Waals surface area contributed by atoms with Crippen molar-refractivity contribution in [3.63, 3.8) is 0 Å². The summed E-state index contributed by atoms with van der Waals surface area (Å²) < 4.78 is 28.0. The second kappa shape index (κ2) is 24.1. The molecule has 0 aromatic heterocycles. The lowest BCUT2D eigenvalue weighted by molar-refractivity contribution is -0.162. The summed E-state index contributed by atoms with van der Waals surface area (Å²) in [6, 6.07) is 0. The van der Waals surface area contributed by atoms with E-state index in [0.29, 0.717) is 50.5 Å². The maximum Gasteiger partial charge on any atom is 0.309 e. The summed E-state index contributed by atoms with van der Waals surface area (Å²) in [4.78, 5) is 26.0. The van der Waals surface area contributed by atoms with Gasteiger partial charge in [-0.3, -0.25) is 9.59 Å². The van der Waals surface area contributed by atoms with Gasteiger partial charge in [-0.05, 0) is 52.4 Å². The van der Waals surface area contributed by atoms with Gasteiger partial charge < -0.3 is 23.7 Å². The Labute approximate surface area is 300 Å². The quantitative estimate of drug-likeness (QED) is 0.0394. The molecule has 284 valence electrons. The van der Waals surface area contributed by atoms with E-state index in [1.165, 1.54) is 141 Å². The van der Waals surface area contributed by atoms with E-state index in [0.717, 1.165) is 25.7 Å². The molecular weight excluding hydrogens is 616 g/mol. The Bertz CT molecular complexity index is 824. The van der Waals surface area contributed by atoms with Gasteiger partial charge in [0.05, 0.1) is 61.7 Å². The number of carbonyl (C=O) groups excluding carboxylic acids is 2. The van der Waals surface area contributed by atoms with Crippen LogP contribution in [0.4, 0.5) is 0 Å². The van der Waals surface area contributed by atoms with Gasteiger partial charge in [-0.15, -0.1) is 0 Å². The number of carbonyl (C=O) groups is 2. The number of epoxide rings is 3. The fraction of sp³-hybridized carbons (Fsp3) is 0.952. The maximum absolute atomic E-state index is 13.0. The van der Waals surface area contributed by atoms with Crippen LogP contribution < -0.4 is 0 Å². The molecule has 4 rings (SSSR count). The largest absolute Gasteiger partial charge is 0.465 e. The Hall–Kier alpha value is -1.18. The molecule has 3 saturated heterocycles. The van der Waals surface area contributed by atoms with E-state index in [2.05, 4.69) is 13.8 Å². The molecule has 0 aromatic carbocycles. The zero-order valence-electron chi connectivity index (χ0n) is 31.7. The molecule has 3 aliphatic heterocycles. The van der Waals surface area contributed by atoms with Gasteiger partial charge in [0, 0.05) is 0 Å². The van der Waals surface area contributed by atoms with Crippen molar-refractivity contribution in [2.45, 2.75) is 230 Å². The number of esters is 2. The highest BCUT2D eigenvalue weighted by Crippen LogP contribution is 2.44. The minimum atomic E-state index is -0.423. The Morgan fingerprint density at radius 2 is 0.694 bits per heavy atom. The highest BCUT2D eigenvalue weighted by atomic mass is 16.6. The van der Waals surface area contributed by atoms with Crippen LogP contribution in [-0.2, 0) is 33.3 Å². The second-order valence-electron chi connectivity index (χ2n) is 16.1. The molecule has 4 fully saturated rings. The molecule has 8 unspecified atom stereocenters. The van der Waals surface area contributed by atoms with Crippen molar-refractivity contribution in [1.82, 2.24) is 0 Å². The third-order valence-electron chi connectivity index (χ3n) is 11.7. The molecule has 49 heavy (non-hydrogen) atoms. The topological polar surface area (TPSA) is 90.2 Å². The smallest absolute Gasteiger partial charge is 0.309 e. The number of fused-ring (bicyclic) bond motifs is 1. The van der Waals surface area contributed by atoms with Crippen molar-refractivity contribution < 1.29 is 33.3 Å². The molecule has 1 aliphatic carbocycles. The van der Waals surface area contributed by atoms with E-state index in [-0.39, 0.29) is 24.1 Å². The van der Waals surface area contributed by atoms with Gasteiger partial charge in [0.25, 0.3) is 0 Å². The minimum Gasteiger partial charge on any atom is -0.465 e. The van der Waals surface area contributed by atoms with Crippen LogP contribution in [0.2, 0.25) is 0 Å². The third-order valence-corrected chi connectivity index (χ3v) is 11.7. The van der Waals surface area contributed by atoms with Gasteiger partial charge in [-0.1, -0.05) is 141 Å². The fourth-order valence-corrected chi connectivity index (χ4v) is 8.00. The van der Waals surface area contributed by atoms with E-state index >= 15 is 0 Å². The van der Waals surface area contributed by atoms with Crippen LogP contribution in [0.5, 0.6) is 0 Å². The minimum absolute atomic E-state index is 0.115. The standard InChI is InChI=1S/C42H74O7/c1-33-37(47-33)27-23-19-15-11-7-3-5-9-13-17-21-25-29-45-41(43)35-31-39-40(49-39)32-36(35)42(44)46-30-26-22-18-14-10-6-4-8-12-16-20-24-28-38-34(2)48-38/h33-40H,3-32H2,1-2H3. The van der Waals surface area contributed by atoms with Gasteiger partial charge in [0.2, 0.25) is 0 Å². The molecule has 7 nitrogen and oxygen atoms in total. The van der Waals surface area contributed by atoms with E-state index in [1.54, 1.807) is 0 Å². The SMILES string of the molecule is CC1OC1CCCCCCCCCCCCCCOC(=O)C1CC2OC2CC1C(=O)OCCCCCCCCCCCCCCC1OC1C. The summed E-state index contributed by atoms with van der Waals surface area (Å²) in [5.74, 6) is -1.31. The van der Waals surface area contributed by atoms with Gasteiger partial charge in [0.15, 0.2) is 0 Å². The van der Waals surface area contributed by atoms with Crippen LogP contribution in [0, 0.1) is 11.8 Å². The fourth-order valence-electron chi connectivity index (χ4n) is 8.00. The molecule has 8 atom stereocenters. The Balaban J connectivity index is 0.899. The van der Waals surface area contributed by atoms with Gasteiger partial charge in [0.1, 0.15) is 0 Å². The molecule has 0 amide bonds. The van der Waals surface area contributed by atoms with Gasteiger partial charge in [-0.25, -0.2) is 0 Å². The van der Waals surface area contributed by atoms with Crippen molar-refractivity contribution in [2.24, 2.45) is 11.8 Å². The van der Waals surface area contributed by atoms with Crippen molar-refractivity contribution in [3.8, 4) is 0 Å². The number of hydrogen-bond acceptors (Lipinski definition) is 7. The molecule has 4 aliphatic rings. The summed E-state index contributed by atoms with van der Waals surface area (Å²) in [6.07, 6.45) is 36.6. The highest BCUT2D eigenvalue weighted by Gasteiger charge is 2.53. The summed E-state index contributed by atoms with van der Waals surface area (Å²) in [7, 11) is 0. The zero-order valence-corrected chi connectivity index (χ0v) is 31.7. The lowest BCUT2D eigenvalue weighted by Crippen LogP contribution is -2.37. The maximum atomic E-state index is 13.0. The van der Waals surface area contributed by atoms with Crippen LogP contribution >= 0.6 is 0 Å². The first-order valence-corrected chi connectivity index (χ1v) is 21.3. The lowest BCUT2D eigenvalue weighted by Gasteiger charge is -2.26. The molecule has 0 N–H and O–H groups in total. The second-order valence-corrected chi connectivity index (χ2v) is 16.1. The Kier molecular flexibility index (Phi) is 20.0. The first kappa shape index (κ1) is 40.6. The first-order valence-electron chi connectivity index (χ1n) is 21.3. The van der Waals surface area contributed by atoms with Crippen LogP contribution in [0.3, 0.4) is 0 Å². The van der Waals surface area contributed by atoms with Gasteiger partial charge >= 0.3 is 11.9 Å². The normalized spacial score (nSPS) is 28.2. The average molecular weight is 691 g/mol. The van der Waals surface area contributed by atoms with Crippen LogP contribution in [0.25, 0.3) is 0 Å². The Morgan fingerprint density at radius 3 is 0.980 bits per heavy atom. The highest BCUT2D eigenvalue weighted by molar-refractivity contribution is 5.82. The molecule has 3 heterocycles. The summed E-state index contributed by atoms with van der Waals surface area (Å²) in [5, 5.41) is 0. The monoisotopic (exact) mass is 691 g/mol. The van der Waals surface area contributed by atoms with Crippen LogP contribution in [0.1, 0.15) is 194 Å². The van der Waals surface area contributed by atoms with E-state index < -0.39 is 11.8 Å². The van der Waals surface area contributed by atoms with E-state index in [4.69, 9.17) is 23.7 Å². The zero-order chi connectivity index (χ0) is 34.5. The predicted molar refractivity (Wildman–Crippen MR) is 196 cm³/mol. The van der Waals surface area contributed by atoms with Crippen molar-refractivity contribution in [3.05, 3.63) is 0 Å². The number of unbranched alkanes of at least 4 members (excludes halogenated alkanes) is 22. The van der Waals surface area contributed by atoms with E-state index in [9.17, 15) is 9.59 Å². The summed E-state index contributed by atoms with van der Waals surface area (Å²) in [5.41, 5.74) is 0. The first-order chi connectivity index (χ1) is 24.0. The van der Waals surface area contributed by atoms with Crippen molar-refractivity contribution in [2.75, 3.05) is 13.2 Å². The molecule has 0 radical (unpaired) electrons. The number of rotatable bonds is 32. The summed E-state index contributed by atoms with van der Waals surface area (Å²) >= 11 is 0. The summed E-state index contributed by atoms with van der Waals surface area (Å²) in [6.45, 7) is 5.25. The van der Waals surface area contributed by atoms with Gasteiger partial charge in [-0.2, -0.15) is 0 Å². The number of ether oxygens (including phenoxy) is 5. The van der Waals surface area contributed by atoms with E-state index in [1.807, 2.05) is 0 Å². The predicted octanol–water partition coefficient (Wildman–Crippen LogP) is 10.6. The number of hydrogen-bond donors (Lipinski definition) is 0. The molecule has 1 saturated carbocycles. The molecule has 7 heteroatoms. The molecular formula is C42H74O7. The van der Waals surface area contributed by atoms with Crippen LogP contribution in [0.15, 0.2) is 0 Å². The lowest BCUT2D eigenvalue weighted by atomic mass is 9.79. The van der Waals surface area contributed by atoms with Crippen molar-refractivity contribution >= 4 is 11.9 Å². The Morgan fingerprint density at radius 1 is 0.429 bits per heavy atom. The average Bonchev–Trinajstić information content (AvgIpc) is 4.04. The molecule has 0 spiro atoms. The molecule has 0 bridgehead atoms. The molecule has 0 aromatic rings. The third kappa shape index (κ3) is 17.7. The van der Waals surface area contributed by atoms with Crippen LogP contribution in [-0.4, -0.2) is 61.8 Å².